The van der Waals surface area contributed by atoms with E-state index in [-0.39, 0.29) is 0 Å². The topological polar surface area (TPSA) is 88.1 Å². The van der Waals surface area contributed by atoms with Crippen molar-refractivity contribution in [2.24, 2.45) is 0 Å². The van der Waals surface area contributed by atoms with Gasteiger partial charge in [0.1, 0.15) is 17.9 Å². The first kappa shape index (κ1) is 20.2. The van der Waals surface area contributed by atoms with Crippen LogP contribution < -0.4 is 5.73 Å². The minimum absolute atomic E-state index is 0.449. The molecule has 0 amide bonds. The highest BCUT2D eigenvalue weighted by Crippen LogP contribution is 2.26. The summed E-state index contributed by atoms with van der Waals surface area (Å²) in [6.45, 7) is 9.12. The average molecular weight is 383 g/mol. The first-order valence-electron chi connectivity index (χ1n) is 9.78. The number of nitrogen functional groups attached to an aromatic ring is 1. The van der Waals surface area contributed by atoms with Crippen molar-refractivity contribution >= 4 is 16.9 Å². The van der Waals surface area contributed by atoms with Crippen LogP contribution in [0.5, 0.6) is 0 Å². The number of pyridine rings is 2. The van der Waals surface area contributed by atoms with Gasteiger partial charge in [0.05, 0.1) is 12.1 Å². The lowest BCUT2D eigenvalue weighted by atomic mass is 10.2. The van der Waals surface area contributed by atoms with Gasteiger partial charge in [-0.3, -0.25) is 4.98 Å². The summed E-state index contributed by atoms with van der Waals surface area (Å²) >= 11 is 0. The van der Waals surface area contributed by atoms with Gasteiger partial charge in [-0.15, -0.1) is 0 Å². The van der Waals surface area contributed by atoms with Crippen molar-refractivity contribution in [3.05, 3.63) is 47.2 Å². The Morgan fingerprint density at radius 2 is 2.00 bits per heavy atom. The fourth-order valence-electron chi connectivity index (χ4n) is 3.27. The van der Waals surface area contributed by atoms with E-state index in [0.717, 1.165) is 41.0 Å². The second-order valence-electron chi connectivity index (χ2n) is 6.80. The third-order valence-corrected chi connectivity index (χ3v) is 4.85. The summed E-state index contributed by atoms with van der Waals surface area (Å²) in [6, 6.07) is 4.05. The van der Waals surface area contributed by atoms with E-state index in [2.05, 4.69) is 27.5 Å². The maximum Gasteiger partial charge on any atom is 0.151 e. The molecule has 3 aromatic rings. The van der Waals surface area contributed by atoms with Crippen LogP contribution in [0.4, 0.5) is 5.82 Å². The van der Waals surface area contributed by atoms with Gasteiger partial charge in [-0.05, 0) is 50.8 Å². The summed E-state index contributed by atoms with van der Waals surface area (Å²) in [7, 11) is 0. The van der Waals surface area contributed by atoms with Gasteiger partial charge in [0.25, 0.3) is 0 Å². The lowest BCUT2D eigenvalue weighted by molar-refractivity contribution is 0.112. The van der Waals surface area contributed by atoms with E-state index in [4.69, 9.17) is 20.2 Å². The van der Waals surface area contributed by atoms with Crippen molar-refractivity contribution in [1.29, 1.82) is 0 Å². The number of nitrogens with zero attached hydrogens (tertiary/aromatic N) is 4. The Morgan fingerprint density at radius 1 is 1.14 bits per heavy atom. The van der Waals surface area contributed by atoms with E-state index in [1.807, 2.05) is 26.1 Å². The number of rotatable bonds is 10. The standard InChI is InChI=1S/C21H29N5O2/c1-4-27-14-18-25-19-20(15(2)16(3)24-21(19)22)26(18)10-12-28-11-6-8-17-7-5-9-23-13-17/h5,7,9,13H,4,6,8,10-12,14H2,1-3H3,(H2,22,24). The monoisotopic (exact) mass is 383 g/mol. The van der Waals surface area contributed by atoms with E-state index in [9.17, 15) is 0 Å². The van der Waals surface area contributed by atoms with Crippen molar-refractivity contribution in [2.45, 2.75) is 46.8 Å². The van der Waals surface area contributed by atoms with Crippen LogP contribution in [-0.4, -0.2) is 39.3 Å². The second kappa shape index (κ2) is 9.61. The Kier molecular flexibility index (Phi) is 6.95. The largest absolute Gasteiger partial charge is 0.382 e. The number of aryl methyl sites for hydroxylation is 3. The Morgan fingerprint density at radius 3 is 2.75 bits per heavy atom. The van der Waals surface area contributed by atoms with Crippen molar-refractivity contribution in [3.8, 4) is 0 Å². The number of imidazole rings is 1. The van der Waals surface area contributed by atoms with Crippen molar-refractivity contribution in [3.63, 3.8) is 0 Å². The molecule has 7 nitrogen and oxygen atoms in total. The van der Waals surface area contributed by atoms with Crippen LogP contribution in [-0.2, 0) is 29.0 Å². The molecule has 2 N–H and O–H groups in total. The fourth-order valence-corrected chi connectivity index (χ4v) is 3.27. The minimum atomic E-state index is 0.449. The highest BCUT2D eigenvalue weighted by Gasteiger charge is 2.17. The molecule has 150 valence electrons. The van der Waals surface area contributed by atoms with Crippen LogP contribution in [0.3, 0.4) is 0 Å². The molecule has 0 aliphatic carbocycles. The quantitative estimate of drug-likeness (QED) is 0.541. The van der Waals surface area contributed by atoms with E-state index in [0.29, 0.717) is 38.8 Å². The summed E-state index contributed by atoms with van der Waals surface area (Å²) in [5.74, 6) is 1.32. The maximum atomic E-state index is 6.12. The normalized spacial score (nSPS) is 11.4. The molecular weight excluding hydrogens is 354 g/mol. The molecule has 0 fully saturated rings. The maximum absolute atomic E-state index is 6.12. The second-order valence-corrected chi connectivity index (χ2v) is 6.80. The van der Waals surface area contributed by atoms with Gasteiger partial charge in [-0.1, -0.05) is 6.07 Å². The number of ether oxygens (including phenoxy) is 2. The smallest absolute Gasteiger partial charge is 0.151 e. The van der Waals surface area contributed by atoms with Gasteiger partial charge in [0, 0.05) is 37.8 Å². The molecule has 0 atom stereocenters. The van der Waals surface area contributed by atoms with Crippen molar-refractivity contribution in [2.75, 3.05) is 25.6 Å². The predicted octanol–water partition coefficient (Wildman–Crippen LogP) is 3.21. The Balaban J connectivity index is 1.65. The van der Waals surface area contributed by atoms with Gasteiger partial charge < -0.3 is 19.8 Å². The summed E-state index contributed by atoms with van der Waals surface area (Å²) in [5, 5.41) is 0. The van der Waals surface area contributed by atoms with Crippen molar-refractivity contribution in [1.82, 2.24) is 19.5 Å². The Hall–Kier alpha value is -2.51. The molecule has 0 aromatic carbocycles. The number of aromatic nitrogens is 4. The third-order valence-electron chi connectivity index (χ3n) is 4.85. The fraction of sp³-hybridized carbons (Fsp3) is 0.476. The van der Waals surface area contributed by atoms with Crippen LogP contribution in [0.2, 0.25) is 0 Å². The number of hydrogen-bond donors (Lipinski definition) is 1. The van der Waals surface area contributed by atoms with E-state index in [1.54, 1.807) is 6.20 Å². The molecule has 7 heteroatoms. The van der Waals surface area contributed by atoms with Gasteiger partial charge in [-0.2, -0.15) is 0 Å². The minimum Gasteiger partial charge on any atom is -0.382 e. The summed E-state index contributed by atoms with van der Waals surface area (Å²) in [4.78, 5) is 13.2. The molecule has 3 rings (SSSR count). The van der Waals surface area contributed by atoms with Gasteiger partial charge in [0.2, 0.25) is 0 Å². The summed E-state index contributed by atoms with van der Waals surface area (Å²) in [6.07, 6.45) is 5.64. The molecule has 28 heavy (non-hydrogen) atoms. The zero-order valence-corrected chi connectivity index (χ0v) is 16.9. The molecule has 0 aliphatic heterocycles. The predicted molar refractivity (Wildman–Crippen MR) is 110 cm³/mol. The van der Waals surface area contributed by atoms with Crippen LogP contribution >= 0.6 is 0 Å². The van der Waals surface area contributed by atoms with Gasteiger partial charge in [-0.25, -0.2) is 9.97 Å². The van der Waals surface area contributed by atoms with E-state index < -0.39 is 0 Å². The molecule has 0 radical (unpaired) electrons. The van der Waals surface area contributed by atoms with Crippen LogP contribution in [0.25, 0.3) is 11.0 Å². The molecule has 0 unspecified atom stereocenters. The van der Waals surface area contributed by atoms with Crippen LogP contribution in [0.1, 0.15) is 36.0 Å². The summed E-state index contributed by atoms with van der Waals surface area (Å²) < 4.78 is 13.6. The molecule has 3 heterocycles. The first-order valence-corrected chi connectivity index (χ1v) is 9.78. The first-order chi connectivity index (χ1) is 13.6. The van der Waals surface area contributed by atoms with Crippen molar-refractivity contribution < 1.29 is 9.47 Å². The lowest BCUT2D eigenvalue weighted by Gasteiger charge is -2.12. The third kappa shape index (κ3) is 4.66. The molecule has 0 saturated heterocycles. The number of nitrogens with two attached hydrogens (primary N) is 1. The number of hydrogen-bond acceptors (Lipinski definition) is 6. The number of anilines is 1. The number of fused-ring (bicyclic) bond motifs is 1. The Bertz CT molecular complexity index is 908. The van der Waals surface area contributed by atoms with Gasteiger partial charge in [0.15, 0.2) is 5.82 Å². The van der Waals surface area contributed by atoms with E-state index >= 15 is 0 Å². The molecule has 0 bridgehead atoms. The van der Waals surface area contributed by atoms with E-state index in [1.165, 1.54) is 5.56 Å². The summed E-state index contributed by atoms with van der Waals surface area (Å²) in [5.41, 5.74) is 11.1. The lowest BCUT2D eigenvalue weighted by Crippen LogP contribution is -2.12. The SMILES string of the molecule is CCOCc1nc2c(N)nc(C)c(C)c2n1CCOCCCc1cccnc1. The van der Waals surface area contributed by atoms with Crippen LogP contribution in [0, 0.1) is 13.8 Å². The average Bonchev–Trinajstić information content (AvgIpc) is 3.07. The molecule has 0 aliphatic rings. The zero-order valence-electron chi connectivity index (χ0n) is 16.9. The van der Waals surface area contributed by atoms with Gasteiger partial charge >= 0.3 is 0 Å². The highest BCUT2D eigenvalue weighted by atomic mass is 16.5. The Labute approximate surface area is 165 Å². The molecule has 3 aromatic heterocycles. The zero-order chi connectivity index (χ0) is 19.9. The molecular formula is C21H29N5O2. The molecule has 0 spiro atoms. The highest BCUT2D eigenvalue weighted by molar-refractivity contribution is 5.88. The molecule has 0 saturated carbocycles. The van der Waals surface area contributed by atoms with Crippen LogP contribution in [0.15, 0.2) is 24.5 Å².